The van der Waals surface area contributed by atoms with E-state index in [4.69, 9.17) is 14.7 Å². The van der Waals surface area contributed by atoms with Crippen LogP contribution in [0.25, 0.3) is 11.2 Å². The predicted molar refractivity (Wildman–Crippen MR) is 156 cm³/mol. The van der Waals surface area contributed by atoms with Crippen LogP contribution in [0.3, 0.4) is 0 Å². The Labute approximate surface area is 253 Å². The average molecular weight is 643 g/mol. The number of nitrogens with two attached hydrogens (primary N) is 1. The lowest BCUT2D eigenvalue weighted by atomic mass is 9.92. The summed E-state index contributed by atoms with van der Waals surface area (Å²) in [5.41, 5.74) is 6.54. The molecule has 0 bridgehead atoms. The summed E-state index contributed by atoms with van der Waals surface area (Å²) in [5, 5.41) is 27.3. The van der Waals surface area contributed by atoms with Crippen LogP contribution in [-0.4, -0.2) is 98.1 Å². The molecular formula is C25H38N8O8S2. The molecule has 3 aliphatic heterocycles. The van der Waals surface area contributed by atoms with E-state index in [2.05, 4.69) is 25.6 Å². The zero-order valence-corrected chi connectivity index (χ0v) is 25.7. The van der Waals surface area contributed by atoms with Crippen molar-refractivity contribution in [3.63, 3.8) is 0 Å². The molecule has 3 amide bonds. The molecular weight excluding hydrogens is 604 g/mol. The maximum Gasteiger partial charge on any atom is 0.362 e. The maximum atomic E-state index is 12.4. The molecule has 16 nitrogen and oxygen atoms in total. The topological polar surface area (TPSA) is 233 Å². The van der Waals surface area contributed by atoms with Crippen LogP contribution in [0.1, 0.15) is 58.5 Å². The number of ether oxygens (including phenoxy) is 1. The van der Waals surface area contributed by atoms with Crippen molar-refractivity contribution < 1.29 is 37.1 Å². The van der Waals surface area contributed by atoms with Crippen LogP contribution in [0.15, 0.2) is 6.33 Å². The first-order valence-corrected chi connectivity index (χ1v) is 16.6. The van der Waals surface area contributed by atoms with Crippen molar-refractivity contribution in [3.05, 3.63) is 12.2 Å². The Bertz CT molecular complexity index is 1470. The number of hydrogen-bond donors (Lipinski definition) is 6. The minimum atomic E-state index is -4.50. The summed E-state index contributed by atoms with van der Waals surface area (Å²) in [6, 6.07) is 0.0204. The van der Waals surface area contributed by atoms with Gasteiger partial charge in [-0.3, -0.25) is 13.5 Å². The van der Waals surface area contributed by atoms with Gasteiger partial charge in [0.05, 0.1) is 25.0 Å². The molecule has 18 heteroatoms. The second-order valence-corrected chi connectivity index (χ2v) is 14.9. The first-order valence-electron chi connectivity index (χ1n) is 14.1. The standard InChI is InChI=1S/C25H38N8O8S2/c1-25(2,3)8-15-29-21(26)18-22(30-15)33(11-27-18)23-20(36)19(35)13(41-23)9-40-43(38,39)32-16(34)7-5-4-6-14-17-12(10-42-14)28-24(37)31-17/h11-14,17,19-20,23,35-36H,4-10H2,1-3H3,(H,32,34)(H2,26,29,30)(H2,28,31,37)/t12?,13?,14?,17?,19-,20-,23-/m1/s1. The molecule has 0 aliphatic carbocycles. The number of aliphatic hydroxyl groups is 2. The number of carbonyl (C=O) groups is 2. The van der Waals surface area contributed by atoms with Gasteiger partial charge in [0.15, 0.2) is 17.7 Å². The van der Waals surface area contributed by atoms with Crippen molar-refractivity contribution >= 4 is 51.0 Å². The molecule has 0 radical (unpaired) electrons. The smallest absolute Gasteiger partial charge is 0.362 e. The molecule has 3 aliphatic rings. The lowest BCUT2D eigenvalue weighted by Gasteiger charge is -2.19. The molecule has 3 fully saturated rings. The molecule has 0 aromatic carbocycles. The lowest BCUT2D eigenvalue weighted by molar-refractivity contribution is -0.119. The highest BCUT2D eigenvalue weighted by Crippen LogP contribution is 2.34. The second kappa shape index (κ2) is 12.3. The number of carbonyl (C=O) groups excluding carboxylic acids is 2. The number of nitrogens with zero attached hydrogens (tertiary/aromatic N) is 4. The van der Waals surface area contributed by atoms with Gasteiger partial charge in [-0.1, -0.05) is 27.2 Å². The molecule has 5 heterocycles. The zero-order valence-electron chi connectivity index (χ0n) is 24.1. The third-order valence-corrected chi connectivity index (χ3v) is 9.93. The second-order valence-electron chi connectivity index (χ2n) is 12.3. The third-order valence-electron chi connectivity index (χ3n) is 7.50. The Balaban J connectivity index is 1.11. The molecule has 5 rings (SSSR count). The van der Waals surface area contributed by atoms with E-state index >= 15 is 0 Å². The first-order chi connectivity index (χ1) is 20.2. The molecule has 0 saturated carbocycles. The van der Waals surface area contributed by atoms with Gasteiger partial charge in [-0.25, -0.2) is 24.5 Å². The normalized spacial score (nSPS) is 29.0. The van der Waals surface area contributed by atoms with Crippen LogP contribution < -0.4 is 21.1 Å². The number of imidazole rings is 1. The van der Waals surface area contributed by atoms with Gasteiger partial charge in [0, 0.05) is 23.8 Å². The van der Waals surface area contributed by atoms with E-state index in [1.807, 2.05) is 25.5 Å². The molecule has 2 aromatic rings. The highest BCUT2D eigenvalue weighted by molar-refractivity contribution is 8.00. The van der Waals surface area contributed by atoms with Gasteiger partial charge in [0.25, 0.3) is 0 Å². The van der Waals surface area contributed by atoms with Gasteiger partial charge in [-0.05, 0) is 18.3 Å². The zero-order chi connectivity index (χ0) is 31.1. The number of aliphatic hydroxyl groups excluding tert-OH is 2. The summed E-state index contributed by atoms with van der Waals surface area (Å²) in [6.45, 7) is 5.42. The number of unbranched alkanes of at least 4 members (excludes halogenated alkanes) is 1. The van der Waals surface area contributed by atoms with E-state index in [0.717, 1.165) is 12.2 Å². The summed E-state index contributed by atoms with van der Waals surface area (Å²) in [5.74, 6) is 0.733. The maximum absolute atomic E-state index is 12.4. The van der Waals surface area contributed by atoms with Crippen molar-refractivity contribution in [2.75, 3.05) is 18.1 Å². The van der Waals surface area contributed by atoms with Crippen molar-refractivity contribution in [1.29, 1.82) is 0 Å². The van der Waals surface area contributed by atoms with Gasteiger partial charge in [0.2, 0.25) is 5.91 Å². The SMILES string of the molecule is CC(C)(C)Cc1nc(N)c2ncn([C@@H]3OC(COS(=O)(=O)NC(=O)CCCCC4SCC5NC(=O)NC54)[C@@H](O)[C@H]3O)c2n1. The number of anilines is 1. The Hall–Kier alpha value is -2.77. The summed E-state index contributed by atoms with van der Waals surface area (Å²) >= 11 is 1.77. The van der Waals surface area contributed by atoms with Gasteiger partial charge in [0.1, 0.15) is 29.7 Å². The predicted octanol–water partition coefficient (Wildman–Crippen LogP) is -0.280. The van der Waals surface area contributed by atoms with Gasteiger partial charge in [-0.2, -0.15) is 20.2 Å². The van der Waals surface area contributed by atoms with Crippen LogP contribution >= 0.6 is 11.8 Å². The van der Waals surface area contributed by atoms with Crippen LogP contribution in [0.5, 0.6) is 0 Å². The lowest BCUT2D eigenvalue weighted by Crippen LogP contribution is -2.38. The number of fused-ring (bicyclic) bond motifs is 2. The van der Waals surface area contributed by atoms with Crippen LogP contribution in [-0.2, 0) is 30.4 Å². The fourth-order valence-electron chi connectivity index (χ4n) is 5.47. The Morgan fingerprint density at radius 3 is 2.77 bits per heavy atom. The average Bonchev–Trinajstić information content (AvgIpc) is 3.64. The van der Waals surface area contributed by atoms with E-state index in [1.165, 1.54) is 10.9 Å². The number of amides is 3. The van der Waals surface area contributed by atoms with Crippen molar-refractivity contribution in [2.24, 2.45) is 5.41 Å². The quantitative estimate of drug-likeness (QED) is 0.137. The number of thioether (sulfide) groups is 1. The van der Waals surface area contributed by atoms with Gasteiger partial charge >= 0.3 is 16.3 Å². The van der Waals surface area contributed by atoms with E-state index < -0.39 is 47.4 Å². The highest BCUT2D eigenvalue weighted by Gasteiger charge is 2.45. The van der Waals surface area contributed by atoms with Gasteiger partial charge in [-0.15, -0.1) is 0 Å². The fraction of sp³-hybridized carbons (Fsp3) is 0.720. The van der Waals surface area contributed by atoms with E-state index in [0.29, 0.717) is 36.3 Å². The number of nitrogen functional groups attached to an aromatic ring is 1. The Morgan fingerprint density at radius 1 is 1.26 bits per heavy atom. The Kier molecular flexibility index (Phi) is 9.06. The summed E-state index contributed by atoms with van der Waals surface area (Å²) < 4.78 is 38.8. The molecule has 238 valence electrons. The number of aromatic nitrogens is 4. The van der Waals surface area contributed by atoms with Crippen LogP contribution in [0.2, 0.25) is 0 Å². The minimum absolute atomic E-state index is 0.0298. The van der Waals surface area contributed by atoms with Crippen molar-refractivity contribution in [3.8, 4) is 0 Å². The largest absolute Gasteiger partial charge is 0.387 e. The van der Waals surface area contributed by atoms with Gasteiger partial charge < -0.3 is 31.3 Å². The van der Waals surface area contributed by atoms with Crippen LogP contribution in [0.4, 0.5) is 10.6 Å². The summed E-state index contributed by atoms with van der Waals surface area (Å²) in [4.78, 5) is 36.8. The highest BCUT2D eigenvalue weighted by atomic mass is 32.2. The molecule has 7 N–H and O–H groups in total. The molecule has 43 heavy (non-hydrogen) atoms. The van der Waals surface area contributed by atoms with Crippen LogP contribution in [0, 0.1) is 5.41 Å². The van der Waals surface area contributed by atoms with E-state index in [-0.39, 0.29) is 41.0 Å². The Morgan fingerprint density at radius 2 is 2.02 bits per heavy atom. The molecule has 3 saturated heterocycles. The summed E-state index contributed by atoms with van der Waals surface area (Å²) in [7, 11) is -4.50. The third kappa shape index (κ3) is 7.31. The van der Waals surface area contributed by atoms with Crippen molar-refractivity contribution in [2.45, 2.75) is 94.7 Å². The molecule has 0 spiro atoms. The molecule has 7 atom stereocenters. The molecule has 2 aromatic heterocycles. The number of hydrogen-bond acceptors (Lipinski definition) is 13. The van der Waals surface area contributed by atoms with E-state index in [1.54, 1.807) is 11.8 Å². The van der Waals surface area contributed by atoms with E-state index in [9.17, 15) is 28.2 Å². The number of nitrogens with one attached hydrogen (secondary N) is 3. The monoisotopic (exact) mass is 642 g/mol. The molecule has 4 unspecified atom stereocenters. The number of urea groups is 1. The fourth-order valence-corrected chi connectivity index (χ4v) is 7.77. The summed E-state index contributed by atoms with van der Waals surface area (Å²) in [6.07, 6.45) is -1.61. The first kappa shape index (κ1) is 31.6. The van der Waals surface area contributed by atoms with Crippen molar-refractivity contribution in [1.82, 2.24) is 34.9 Å². The minimum Gasteiger partial charge on any atom is -0.387 e. The number of rotatable bonds is 11.